The Morgan fingerprint density at radius 2 is 1.62 bits per heavy atom. The summed E-state index contributed by atoms with van der Waals surface area (Å²) in [7, 11) is -4.15. The smallest absolute Gasteiger partial charge is 0.264 e. The van der Waals surface area contributed by atoms with Gasteiger partial charge in [-0.25, -0.2) is 8.42 Å². The molecule has 3 aromatic carbocycles. The third-order valence-corrected chi connectivity index (χ3v) is 8.63. The largest absolute Gasteiger partial charge is 0.494 e. The highest BCUT2D eigenvalue weighted by atomic mass is 35.5. The van der Waals surface area contributed by atoms with E-state index >= 15 is 0 Å². The molecule has 0 fully saturated rings. The van der Waals surface area contributed by atoms with Crippen molar-refractivity contribution >= 4 is 50.7 Å². The van der Waals surface area contributed by atoms with Crippen LogP contribution in [0.25, 0.3) is 0 Å². The lowest BCUT2D eigenvalue weighted by Gasteiger charge is -2.32. The van der Waals surface area contributed by atoms with Crippen molar-refractivity contribution in [1.82, 2.24) is 10.2 Å². The Labute approximate surface area is 245 Å². The maximum Gasteiger partial charge on any atom is 0.264 e. The first-order chi connectivity index (χ1) is 19.1. The van der Waals surface area contributed by atoms with Gasteiger partial charge in [0, 0.05) is 13.1 Å². The summed E-state index contributed by atoms with van der Waals surface area (Å²) in [5.74, 6) is -0.357. The molecule has 0 bridgehead atoms. The summed E-state index contributed by atoms with van der Waals surface area (Å²) in [6, 6.07) is 18.4. The van der Waals surface area contributed by atoms with Gasteiger partial charge in [0.25, 0.3) is 10.0 Å². The molecule has 40 heavy (non-hydrogen) atoms. The molecule has 0 saturated carbocycles. The lowest BCUT2D eigenvalue weighted by atomic mass is 10.1. The predicted octanol–water partition coefficient (Wildman–Crippen LogP) is 5.53. The maximum absolute atomic E-state index is 13.9. The Bertz CT molecular complexity index is 1400. The molecule has 0 aliphatic carbocycles. The topological polar surface area (TPSA) is 96.0 Å². The van der Waals surface area contributed by atoms with E-state index in [-0.39, 0.29) is 23.0 Å². The van der Waals surface area contributed by atoms with E-state index < -0.39 is 28.5 Å². The number of hydrogen-bond donors (Lipinski definition) is 1. The number of nitrogens with zero attached hydrogens (tertiary/aromatic N) is 2. The molecule has 1 atom stereocenters. The van der Waals surface area contributed by atoms with Crippen LogP contribution in [0.1, 0.15) is 32.8 Å². The van der Waals surface area contributed by atoms with E-state index in [1.165, 1.54) is 17.0 Å². The number of ether oxygens (including phenoxy) is 1. The zero-order chi connectivity index (χ0) is 29.3. The van der Waals surface area contributed by atoms with Crippen LogP contribution in [0.15, 0.2) is 77.7 Å². The highest BCUT2D eigenvalue weighted by Crippen LogP contribution is 2.27. The second-order valence-electron chi connectivity index (χ2n) is 8.99. The van der Waals surface area contributed by atoms with Crippen molar-refractivity contribution in [1.29, 1.82) is 0 Å². The molecule has 0 aliphatic rings. The van der Waals surface area contributed by atoms with Gasteiger partial charge in [0.15, 0.2) is 0 Å². The van der Waals surface area contributed by atoms with Gasteiger partial charge in [-0.1, -0.05) is 54.4 Å². The second kappa shape index (κ2) is 14.4. The van der Waals surface area contributed by atoms with E-state index in [4.69, 9.17) is 27.9 Å². The lowest BCUT2D eigenvalue weighted by Crippen LogP contribution is -2.51. The Hall–Kier alpha value is -3.27. The fraction of sp³-hybridized carbons (Fsp3) is 0.310. The van der Waals surface area contributed by atoms with Crippen LogP contribution in [0.4, 0.5) is 5.69 Å². The van der Waals surface area contributed by atoms with Crippen molar-refractivity contribution < 1.29 is 22.7 Å². The number of benzene rings is 3. The second-order valence-corrected chi connectivity index (χ2v) is 11.7. The summed E-state index contributed by atoms with van der Waals surface area (Å²) in [5.41, 5.74) is 0.912. The molecule has 2 amide bonds. The summed E-state index contributed by atoms with van der Waals surface area (Å²) >= 11 is 12.3. The van der Waals surface area contributed by atoms with Gasteiger partial charge in [0.1, 0.15) is 18.3 Å². The van der Waals surface area contributed by atoms with E-state index in [9.17, 15) is 18.0 Å². The molecule has 11 heteroatoms. The third-order valence-electron chi connectivity index (χ3n) is 6.10. The van der Waals surface area contributed by atoms with Crippen molar-refractivity contribution in [3.8, 4) is 5.75 Å². The van der Waals surface area contributed by atoms with Crippen molar-refractivity contribution in [2.24, 2.45) is 0 Å². The molecule has 0 heterocycles. The van der Waals surface area contributed by atoms with Crippen LogP contribution in [0.2, 0.25) is 10.0 Å². The minimum Gasteiger partial charge on any atom is -0.494 e. The standard InChI is InChI=1S/C29H33Cl2N3O5S/c1-4-17-32-29(36)21(3)33(19-22-11-16-26(30)27(31)18-22)28(35)20-34(23-12-14-24(15-13-23)39-5-2)40(37,38)25-9-7-6-8-10-25/h6-16,18,21H,4-5,17,19-20H2,1-3H3,(H,32,36)/t21-/m0/s1. The first kappa shape index (κ1) is 31.3. The van der Waals surface area contributed by atoms with Crippen LogP contribution >= 0.6 is 23.2 Å². The first-order valence-electron chi connectivity index (χ1n) is 12.9. The lowest BCUT2D eigenvalue weighted by molar-refractivity contribution is -0.139. The molecule has 8 nitrogen and oxygen atoms in total. The maximum atomic E-state index is 13.9. The van der Waals surface area contributed by atoms with Gasteiger partial charge in [0.2, 0.25) is 11.8 Å². The fourth-order valence-corrected chi connectivity index (χ4v) is 5.69. The molecule has 1 N–H and O–H groups in total. The zero-order valence-corrected chi connectivity index (χ0v) is 25.0. The van der Waals surface area contributed by atoms with Gasteiger partial charge in [-0.2, -0.15) is 0 Å². The number of sulfonamides is 1. The number of halogens is 2. The summed E-state index contributed by atoms with van der Waals surface area (Å²) < 4.78 is 34.1. The number of carbonyl (C=O) groups excluding carboxylic acids is 2. The Morgan fingerprint density at radius 1 is 0.950 bits per heavy atom. The number of hydrogen-bond acceptors (Lipinski definition) is 5. The van der Waals surface area contributed by atoms with E-state index in [1.54, 1.807) is 67.6 Å². The van der Waals surface area contributed by atoms with Gasteiger partial charge in [-0.05, 0) is 74.4 Å². The SMILES string of the molecule is CCCNC(=O)[C@H](C)N(Cc1ccc(Cl)c(Cl)c1)C(=O)CN(c1ccc(OCC)cc1)S(=O)(=O)c1ccccc1. The molecule has 0 spiro atoms. The van der Waals surface area contributed by atoms with E-state index in [1.807, 2.05) is 13.8 Å². The van der Waals surface area contributed by atoms with Crippen LogP contribution < -0.4 is 14.4 Å². The van der Waals surface area contributed by atoms with Crippen LogP contribution in [-0.2, 0) is 26.2 Å². The number of nitrogens with one attached hydrogen (secondary N) is 1. The molecule has 0 radical (unpaired) electrons. The summed E-state index contributed by atoms with van der Waals surface area (Å²) in [6.45, 7) is 5.74. The number of amides is 2. The average molecular weight is 607 g/mol. The number of carbonyl (C=O) groups is 2. The highest BCUT2D eigenvalue weighted by molar-refractivity contribution is 7.92. The van der Waals surface area contributed by atoms with Crippen molar-refractivity contribution in [2.45, 2.75) is 44.7 Å². The van der Waals surface area contributed by atoms with Gasteiger partial charge >= 0.3 is 0 Å². The van der Waals surface area contributed by atoms with Gasteiger partial charge in [-0.3, -0.25) is 13.9 Å². The molecule has 214 valence electrons. The van der Waals surface area contributed by atoms with E-state index in [0.29, 0.717) is 34.5 Å². The van der Waals surface area contributed by atoms with Gasteiger partial charge in [0.05, 0.1) is 27.2 Å². The van der Waals surface area contributed by atoms with E-state index in [2.05, 4.69) is 5.32 Å². The van der Waals surface area contributed by atoms with Crippen LogP contribution in [0, 0.1) is 0 Å². The van der Waals surface area contributed by atoms with Crippen LogP contribution in [-0.4, -0.2) is 50.9 Å². The first-order valence-corrected chi connectivity index (χ1v) is 15.1. The highest BCUT2D eigenvalue weighted by Gasteiger charge is 2.32. The molecule has 0 unspecified atom stereocenters. The van der Waals surface area contributed by atoms with Crippen LogP contribution in [0.3, 0.4) is 0 Å². The molecular weight excluding hydrogens is 573 g/mol. The minimum absolute atomic E-state index is 0.0128. The monoisotopic (exact) mass is 605 g/mol. The van der Waals surface area contributed by atoms with E-state index in [0.717, 1.165) is 10.7 Å². The summed E-state index contributed by atoms with van der Waals surface area (Å²) in [4.78, 5) is 28.2. The Kier molecular flexibility index (Phi) is 11.2. The molecule has 0 aromatic heterocycles. The Balaban J connectivity index is 2.02. The third kappa shape index (κ3) is 7.90. The zero-order valence-electron chi connectivity index (χ0n) is 22.6. The minimum atomic E-state index is -4.15. The molecular formula is C29H33Cl2N3O5S. The van der Waals surface area contributed by atoms with Crippen LogP contribution in [0.5, 0.6) is 5.75 Å². The molecule has 0 aliphatic heterocycles. The van der Waals surface area contributed by atoms with Gasteiger partial charge < -0.3 is 15.0 Å². The fourth-order valence-electron chi connectivity index (χ4n) is 3.94. The average Bonchev–Trinajstić information content (AvgIpc) is 2.95. The van der Waals surface area contributed by atoms with Crippen molar-refractivity contribution in [3.05, 3.63) is 88.4 Å². The number of rotatable bonds is 13. The summed E-state index contributed by atoms with van der Waals surface area (Å²) in [6.07, 6.45) is 0.722. The molecule has 3 aromatic rings. The number of anilines is 1. The van der Waals surface area contributed by atoms with Crippen molar-refractivity contribution in [3.63, 3.8) is 0 Å². The van der Waals surface area contributed by atoms with Crippen molar-refractivity contribution in [2.75, 3.05) is 24.0 Å². The summed E-state index contributed by atoms with van der Waals surface area (Å²) in [5, 5.41) is 3.46. The molecule has 3 rings (SSSR count). The molecule has 0 saturated heterocycles. The predicted molar refractivity (Wildman–Crippen MR) is 158 cm³/mol. The van der Waals surface area contributed by atoms with Gasteiger partial charge in [-0.15, -0.1) is 0 Å². The quantitative estimate of drug-likeness (QED) is 0.276. The Morgan fingerprint density at radius 3 is 2.23 bits per heavy atom. The normalized spacial score (nSPS) is 11.9.